The van der Waals surface area contributed by atoms with Crippen LogP contribution in [0.3, 0.4) is 0 Å². The topological polar surface area (TPSA) is 3.24 Å². The number of piperidine rings is 1. The van der Waals surface area contributed by atoms with Crippen LogP contribution in [0.15, 0.2) is 42.5 Å². The minimum atomic E-state index is 0.0672. The molecule has 3 atom stereocenters. The number of halogens is 1. The summed E-state index contributed by atoms with van der Waals surface area (Å²) >= 11 is 6.73. The second kappa shape index (κ2) is 6.37. The fourth-order valence-corrected chi connectivity index (χ4v) is 3.82. The summed E-state index contributed by atoms with van der Waals surface area (Å²) in [5.74, 6) is 0. The maximum atomic E-state index is 6.73. The Morgan fingerprint density at radius 2 is 1.71 bits per heavy atom. The van der Waals surface area contributed by atoms with Gasteiger partial charge in [-0.2, -0.15) is 0 Å². The molecule has 0 bridgehead atoms. The van der Waals surface area contributed by atoms with Crippen LogP contribution in [0.1, 0.15) is 44.1 Å². The number of fused-ring (bicyclic) bond motifs is 1. The van der Waals surface area contributed by atoms with Crippen LogP contribution in [0, 0.1) is 0 Å². The van der Waals surface area contributed by atoms with Gasteiger partial charge in [0, 0.05) is 18.6 Å². The number of nitrogens with zero attached hydrogens (tertiary/aromatic N) is 1. The summed E-state index contributed by atoms with van der Waals surface area (Å²) in [6, 6.07) is 16.4. The summed E-state index contributed by atoms with van der Waals surface area (Å²) in [7, 11) is 0. The molecular weight excluding hydrogens is 278 g/mol. The van der Waals surface area contributed by atoms with Crippen LogP contribution in [0.4, 0.5) is 0 Å². The van der Waals surface area contributed by atoms with E-state index in [-0.39, 0.29) is 5.38 Å². The van der Waals surface area contributed by atoms with Gasteiger partial charge in [0.05, 0.1) is 5.38 Å². The second-order valence-corrected chi connectivity index (χ2v) is 6.93. The second-order valence-electron chi connectivity index (χ2n) is 6.40. The van der Waals surface area contributed by atoms with Crippen LogP contribution >= 0.6 is 11.6 Å². The minimum absolute atomic E-state index is 0.0672. The number of hydrogen-bond acceptors (Lipinski definition) is 1. The van der Waals surface area contributed by atoms with E-state index in [1.54, 1.807) is 0 Å². The molecule has 1 saturated heterocycles. The van der Waals surface area contributed by atoms with Gasteiger partial charge in [0.15, 0.2) is 0 Å². The average molecular weight is 302 g/mol. The Balaban J connectivity index is 1.78. The molecule has 1 nitrogen and oxygen atoms in total. The highest BCUT2D eigenvalue weighted by molar-refractivity contribution is 6.21. The molecule has 21 heavy (non-hydrogen) atoms. The van der Waals surface area contributed by atoms with E-state index in [1.165, 1.54) is 35.6 Å². The van der Waals surface area contributed by atoms with Crippen molar-refractivity contribution in [1.82, 2.24) is 4.90 Å². The van der Waals surface area contributed by atoms with Crippen LogP contribution in [0.25, 0.3) is 10.8 Å². The van der Waals surface area contributed by atoms with E-state index >= 15 is 0 Å². The van der Waals surface area contributed by atoms with Gasteiger partial charge in [-0.3, -0.25) is 4.90 Å². The Bertz CT molecular complexity index is 599. The first-order valence-electron chi connectivity index (χ1n) is 8.03. The monoisotopic (exact) mass is 301 g/mol. The van der Waals surface area contributed by atoms with E-state index in [0.717, 1.165) is 6.54 Å². The Hall–Kier alpha value is -1.05. The van der Waals surface area contributed by atoms with Gasteiger partial charge < -0.3 is 0 Å². The van der Waals surface area contributed by atoms with Crippen LogP contribution in [0.2, 0.25) is 0 Å². The molecule has 0 spiro atoms. The fraction of sp³-hybridized carbons (Fsp3) is 0.474. The van der Waals surface area contributed by atoms with Gasteiger partial charge in [-0.25, -0.2) is 0 Å². The van der Waals surface area contributed by atoms with Gasteiger partial charge in [0.1, 0.15) is 0 Å². The lowest BCUT2D eigenvalue weighted by atomic mass is 9.96. The Morgan fingerprint density at radius 3 is 2.43 bits per heavy atom. The number of rotatable bonds is 3. The van der Waals surface area contributed by atoms with Gasteiger partial charge in [-0.1, -0.05) is 42.8 Å². The summed E-state index contributed by atoms with van der Waals surface area (Å²) in [5, 5.41) is 2.63. The molecule has 1 fully saturated rings. The van der Waals surface area contributed by atoms with E-state index in [0.29, 0.717) is 12.1 Å². The smallest absolute Gasteiger partial charge is 0.0712 e. The van der Waals surface area contributed by atoms with Crippen molar-refractivity contribution in [2.24, 2.45) is 0 Å². The molecule has 0 aromatic heterocycles. The SMILES string of the molecule is CC1CCCC(C)N1CC(Cl)c1ccc2ccccc2c1. The first kappa shape index (κ1) is 14.9. The maximum absolute atomic E-state index is 6.73. The van der Waals surface area contributed by atoms with Crippen LogP contribution < -0.4 is 0 Å². The van der Waals surface area contributed by atoms with E-state index in [9.17, 15) is 0 Å². The van der Waals surface area contributed by atoms with Crippen LogP contribution in [-0.4, -0.2) is 23.5 Å². The third-order valence-electron chi connectivity index (χ3n) is 4.88. The summed E-state index contributed by atoms with van der Waals surface area (Å²) in [6.07, 6.45) is 3.94. The van der Waals surface area contributed by atoms with Crippen LogP contribution in [0.5, 0.6) is 0 Å². The number of benzene rings is 2. The Morgan fingerprint density at radius 1 is 1.05 bits per heavy atom. The molecular formula is C19H24ClN. The molecule has 2 aromatic rings. The minimum Gasteiger partial charge on any atom is -0.296 e. The third kappa shape index (κ3) is 3.25. The van der Waals surface area contributed by atoms with Crippen molar-refractivity contribution < 1.29 is 0 Å². The first-order chi connectivity index (χ1) is 10.1. The first-order valence-corrected chi connectivity index (χ1v) is 8.47. The fourth-order valence-electron chi connectivity index (χ4n) is 3.53. The normalized spacial score (nSPS) is 25.1. The summed E-state index contributed by atoms with van der Waals surface area (Å²) < 4.78 is 0. The van der Waals surface area contributed by atoms with Gasteiger partial charge >= 0.3 is 0 Å². The number of likely N-dealkylation sites (tertiary alicyclic amines) is 1. The molecule has 1 heterocycles. The zero-order valence-corrected chi connectivity index (χ0v) is 13.7. The third-order valence-corrected chi connectivity index (χ3v) is 5.27. The zero-order valence-electron chi connectivity index (χ0n) is 12.9. The van der Waals surface area contributed by atoms with Gasteiger partial charge in [-0.05, 0) is 49.1 Å². The van der Waals surface area contributed by atoms with E-state index in [1.807, 2.05) is 0 Å². The molecule has 1 aliphatic heterocycles. The zero-order chi connectivity index (χ0) is 14.8. The summed E-state index contributed by atoms with van der Waals surface area (Å²) in [4.78, 5) is 2.58. The molecule has 112 valence electrons. The lowest BCUT2D eigenvalue weighted by molar-refractivity contribution is 0.103. The Labute approximate surface area is 132 Å². The highest BCUT2D eigenvalue weighted by atomic mass is 35.5. The predicted molar refractivity (Wildman–Crippen MR) is 92.0 cm³/mol. The average Bonchev–Trinajstić information content (AvgIpc) is 2.50. The van der Waals surface area contributed by atoms with Crippen molar-refractivity contribution in [2.45, 2.75) is 50.6 Å². The lowest BCUT2D eigenvalue weighted by Gasteiger charge is -2.40. The number of hydrogen-bond donors (Lipinski definition) is 0. The molecule has 0 amide bonds. The Kier molecular flexibility index (Phi) is 4.51. The highest BCUT2D eigenvalue weighted by Gasteiger charge is 2.26. The molecule has 3 rings (SSSR count). The lowest BCUT2D eigenvalue weighted by Crippen LogP contribution is -2.45. The molecule has 0 aliphatic carbocycles. The molecule has 3 unspecified atom stereocenters. The summed E-state index contributed by atoms with van der Waals surface area (Å²) in [6.45, 7) is 5.61. The largest absolute Gasteiger partial charge is 0.296 e. The quantitative estimate of drug-likeness (QED) is 0.688. The van der Waals surface area contributed by atoms with Crippen molar-refractivity contribution in [3.63, 3.8) is 0 Å². The molecule has 2 aromatic carbocycles. The van der Waals surface area contributed by atoms with E-state index < -0.39 is 0 Å². The van der Waals surface area contributed by atoms with E-state index in [4.69, 9.17) is 11.6 Å². The van der Waals surface area contributed by atoms with Gasteiger partial charge in [0.2, 0.25) is 0 Å². The highest BCUT2D eigenvalue weighted by Crippen LogP contribution is 2.30. The van der Waals surface area contributed by atoms with Crippen molar-refractivity contribution in [3.8, 4) is 0 Å². The standard InChI is InChI=1S/C19H24ClN/c1-14-6-5-7-15(2)21(14)13-19(20)18-11-10-16-8-3-4-9-17(16)12-18/h3-4,8-12,14-15,19H,5-7,13H2,1-2H3. The van der Waals surface area contributed by atoms with Crippen molar-refractivity contribution in [2.75, 3.05) is 6.54 Å². The van der Waals surface area contributed by atoms with Crippen molar-refractivity contribution in [3.05, 3.63) is 48.0 Å². The van der Waals surface area contributed by atoms with Gasteiger partial charge in [-0.15, -0.1) is 11.6 Å². The number of alkyl halides is 1. The molecule has 0 radical (unpaired) electrons. The predicted octanol–water partition coefficient (Wildman–Crippen LogP) is 5.38. The van der Waals surface area contributed by atoms with E-state index in [2.05, 4.69) is 61.2 Å². The van der Waals surface area contributed by atoms with Crippen molar-refractivity contribution >= 4 is 22.4 Å². The van der Waals surface area contributed by atoms with Gasteiger partial charge in [0.25, 0.3) is 0 Å². The molecule has 0 N–H and O–H groups in total. The maximum Gasteiger partial charge on any atom is 0.0712 e. The molecule has 1 aliphatic rings. The molecule has 0 saturated carbocycles. The molecule has 2 heteroatoms. The summed E-state index contributed by atoms with van der Waals surface area (Å²) in [5.41, 5.74) is 1.24. The van der Waals surface area contributed by atoms with Crippen LogP contribution in [-0.2, 0) is 0 Å². The van der Waals surface area contributed by atoms with Crippen molar-refractivity contribution in [1.29, 1.82) is 0 Å².